The van der Waals surface area contributed by atoms with Gasteiger partial charge < -0.3 is 15.6 Å². The molecule has 0 aliphatic heterocycles. The number of carbonyl (C=O) groups is 1. The summed E-state index contributed by atoms with van der Waals surface area (Å²) >= 11 is 0. The van der Waals surface area contributed by atoms with Gasteiger partial charge in [0.05, 0.1) is 7.11 Å². The molecule has 0 spiro atoms. The van der Waals surface area contributed by atoms with E-state index in [4.69, 9.17) is 10.5 Å². The molecule has 1 amide bonds. The fourth-order valence-electron chi connectivity index (χ4n) is 1.36. The molecule has 0 saturated heterocycles. The van der Waals surface area contributed by atoms with Gasteiger partial charge in [0, 0.05) is 6.54 Å². The Balaban J connectivity index is 3.00. The van der Waals surface area contributed by atoms with Gasteiger partial charge in [0.2, 0.25) is 15.9 Å². The van der Waals surface area contributed by atoms with Crippen molar-refractivity contribution >= 4 is 15.9 Å². The molecule has 1 unspecified atom stereocenters. The van der Waals surface area contributed by atoms with Crippen molar-refractivity contribution in [1.82, 2.24) is 4.72 Å². The maximum absolute atomic E-state index is 12.0. The summed E-state index contributed by atoms with van der Waals surface area (Å²) in [7, 11) is -2.55. The summed E-state index contributed by atoms with van der Waals surface area (Å²) in [6.07, 6.45) is -1.58. The lowest BCUT2D eigenvalue weighted by Crippen LogP contribution is -2.40. The molecule has 1 rings (SSSR count). The average molecular weight is 288 g/mol. The van der Waals surface area contributed by atoms with Crippen LogP contribution in [-0.2, 0) is 14.8 Å². The summed E-state index contributed by atoms with van der Waals surface area (Å²) in [5.74, 6) is -0.828. The molecule has 0 saturated carbocycles. The Morgan fingerprint density at radius 1 is 1.53 bits per heavy atom. The largest absolute Gasteiger partial charge is 0.495 e. The van der Waals surface area contributed by atoms with E-state index in [1.165, 1.54) is 19.2 Å². The fourth-order valence-corrected chi connectivity index (χ4v) is 2.65. The molecular formula is C11H16N2O5S. The second-order valence-corrected chi connectivity index (χ2v) is 5.66. The minimum absolute atomic E-state index is 0.0633. The van der Waals surface area contributed by atoms with E-state index in [1.807, 2.05) is 0 Å². The zero-order valence-electron chi connectivity index (χ0n) is 10.6. The molecule has 19 heavy (non-hydrogen) atoms. The Labute approximate surface area is 111 Å². The molecule has 0 bridgehead atoms. The first kappa shape index (κ1) is 15.4. The van der Waals surface area contributed by atoms with E-state index in [0.29, 0.717) is 0 Å². The number of ether oxygens (including phenoxy) is 1. The molecule has 0 aromatic heterocycles. The highest BCUT2D eigenvalue weighted by Crippen LogP contribution is 2.24. The second-order valence-electron chi connectivity index (χ2n) is 3.92. The second kappa shape index (κ2) is 6.00. The van der Waals surface area contributed by atoms with Crippen molar-refractivity contribution in [2.45, 2.75) is 17.9 Å². The summed E-state index contributed by atoms with van der Waals surface area (Å²) in [5, 5.41) is 9.19. The van der Waals surface area contributed by atoms with Crippen LogP contribution in [0.1, 0.15) is 5.56 Å². The van der Waals surface area contributed by atoms with Crippen LogP contribution >= 0.6 is 0 Å². The van der Waals surface area contributed by atoms with Crippen LogP contribution in [0, 0.1) is 6.92 Å². The van der Waals surface area contributed by atoms with Crippen molar-refractivity contribution in [2.75, 3.05) is 13.7 Å². The van der Waals surface area contributed by atoms with E-state index in [-0.39, 0.29) is 10.6 Å². The fraction of sp³-hybridized carbons (Fsp3) is 0.364. The lowest BCUT2D eigenvalue weighted by molar-refractivity contribution is -0.125. The average Bonchev–Trinajstić information content (AvgIpc) is 2.35. The maximum Gasteiger partial charge on any atom is 0.247 e. The topological polar surface area (TPSA) is 119 Å². The zero-order valence-corrected chi connectivity index (χ0v) is 11.4. The summed E-state index contributed by atoms with van der Waals surface area (Å²) in [6.45, 7) is 1.24. The number of methoxy groups -OCH3 is 1. The number of benzene rings is 1. The van der Waals surface area contributed by atoms with Gasteiger partial charge in [-0.1, -0.05) is 6.07 Å². The van der Waals surface area contributed by atoms with E-state index in [2.05, 4.69) is 4.72 Å². The van der Waals surface area contributed by atoms with Crippen LogP contribution in [0.15, 0.2) is 23.1 Å². The normalized spacial score (nSPS) is 13.0. The van der Waals surface area contributed by atoms with Gasteiger partial charge in [-0.3, -0.25) is 4.79 Å². The Morgan fingerprint density at radius 2 is 2.16 bits per heavy atom. The number of rotatable bonds is 6. The van der Waals surface area contributed by atoms with Crippen LogP contribution in [0.5, 0.6) is 5.75 Å². The van der Waals surface area contributed by atoms with E-state index in [9.17, 15) is 18.3 Å². The van der Waals surface area contributed by atoms with Crippen molar-refractivity contribution in [3.05, 3.63) is 23.8 Å². The zero-order chi connectivity index (χ0) is 14.6. The van der Waals surface area contributed by atoms with E-state index in [0.717, 1.165) is 5.56 Å². The summed E-state index contributed by atoms with van der Waals surface area (Å²) in [6, 6.07) is 4.66. The molecule has 0 radical (unpaired) electrons. The number of carbonyl (C=O) groups excluding carboxylic acids is 1. The quantitative estimate of drug-likeness (QED) is 0.628. The van der Waals surface area contributed by atoms with Crippen LogP contribution in [0.3, 0.4) is 0 Å². The number of hydrogen-bond donors (Lipinski definition) is 3. The predicted molar refractivity (Wildman–Crippen MR) is 68.1 cm³/mol. The third kappa shape index (κ3) is 3.91. The number of aliphatic hydroxyl groups excluding tert-OH is 1. The summed E-state index contributed by atoms with van der Waals surface area (Å²) in [4.78, 5) is 10.6. The first-order chi connectivity index (χ1) is 8.77. The van der Waals surface area contributed by atoms with Crippen molar-refractivity contribution in [3.63, 3.8) is 0 Å². The van der Waals surface area contributed by atoms with E-state index < -0.39 is 28.6 Å². The lowest BCUT2D eigenvalue weighted by Gasteiger charge is -2.12. The molecule has 7 nitrogen and oxygen atoms in total. The first-order valence-corrected chi connectivity index (χ1v) is 6.88. The highest BCUT2D eigenvalue weighted by molar-refractivity contribution is 7.89. The molecule has 0 heterocycles. The van der Waals surface area contributed by atoms with Gasteiger partial charge in [-0.05, 0) is 24.6 Å². The van der Waals surface area contributed by atoms with Gasteiger partial charge in [-0.15, -0.1) is 0 Å². The highest BCUT2D eigenvalue weighted by Gasteiger charge is 2.22. The molecule has 106 valence electrons. The smallest absolute Gasteiger partial charge is 0.247 e. The lowest BCUT2D eigenvalue weighted by atomic mass is 10.2. The minimum Gasteiger partial charge on any atom is -0.495 e. The van der Waals surface area contributed by atoms with Gasteiger partial charge >= 0.3 is 0 Å². The Kier molecular flexibility index (Phi) is 4.87. The number of sulfonamides is 1. The standard InChI is InChI=1S/C11H16N2O5S/c1-7-3-4-9(18-2)10(5-7)19(16,17)13-6-8(14)11(12)15/h3-5,8,13-14H,6H2,1-2H3,(H2,12,15). The monoisotopic (exact) mass is 288 g/mol. The van der Waals surface area contributed by atoms with Crippen LogP contribution in [0.25, 0.3) is 0 Å². The van der Waals surface area contributed by atoms with Gasteiger partial charge in [0.15, 0.2) is 0 Å². The number of aryl methyl sites for hydroxylation is 1. The van der Waals surface area contributed by atoms with Crippen LogP contribution < -0.4 is 15.2 Å². The number of amides is 1. The molecule has 0 aliphatic carbocycles. The Bertz CT molecular complexity index is 570. The molecule has 1 atom stereocenters. The van der Waals surface area contributed by atoms with E-state index in [1.54, 1.807) is 13.0 Å². The predicted octanol–water partition coefficient (Wildman–Crippen LogP) is -0.872. The maximum atomic E-state index is 12.0. The number of aliphatic hydroxyl groups is 1. The summed E-state index contributed by atoms with van der Waals surface area (Å²) in [5.41, 5.74) is 5.57. The third-order valence-corrected chi connectivity index (χ3v) is 3.85. The van der Waals surface area contributed by atoms with Crippen molar-refractivity contribution in [3.8, 4) is 5.75 Å². The van der Waals surface area contributed by atoms with Gasteiger partial charge in [0.1, 0.15) is 16.7 Å². The molecule has 8 heteroatoms. The number of nitrogens with one attached hydrogen (secondary N) is 1. The van der Waals surface area contributed by atoms with Crippen molar-refractivity contribution in [2.24, 2.45) is 5.73 Å². The molecule has 1 aromatic carbocycles. The molecule has 1 aromatic rings. The molecule has 0 aliphatic rings. The number of primary amides is 1. The van der Waals surface area contributed by atoms with Gasteiger partial charge in [-0.2, -0.15) is 0 Å². The summed E-state index contributed by atoms with van der Waals surface area (Å²) < 4.78 is 31.1. The van der Waals surface area contributed by atoms with Gasteiger partial charge in [0.25, 0.3) is 0 Å². The van der Waals surface area contributed by atoms with E-state index >= 15 is 0 Å². The number of hydrogen-bond acceptors (Lipinski definition) is 5. The molecule has 4 N–H and O–H groups in total. The SMILES string of the molecule is COc1ccc(C)cc1S(=O)(=O)NCC(O)C(N)=O. The highest BCUT2D eigenvalue weighted by atomic mass is 32.2. The minimum atomic E-state index is -3.90. The van der Waals surface area contributed by atoms with Crippen LogP contribution in [0.4, 0.5) is 0 Å². The van der Waals surface area contributed by atoms with Gasteiger partial charge in [-0.25, -0.2) is 13.1 Å². The molecule has 0 fully saturated rings. The van der Waals surface area contributed by atoms with Crippen molar-refractivity contribution in [1.29, 1.82) is 0 Å². The molecular weight excluding hydrogens is 272 g/mol. The third-order valence-electron chi connectivity index (χ3n) is 2.40. The van der Waals surface area contributed by atoms with Crippen LogP contribution in [0.2, 0.25) is 0 Å². The Hall–Kier alpha value is -1.64. The van der Waals surface area contributed by atoms with Crippen LogP contribution in [-0.4, -0.2) is 39.2 Å². The number of nitrogens with two attached hydrogens (primary N) is 1. The van der Waals surface area contributed by atoms with Crippen molar-refractivity contribution < 1.29 is 23.1 Å². The first-order valence-electron chi connectivity index (χ1n) is 5.39. The Morgan fingerprint density at radius 3 is 2.68 bits per heavy atom.